The maximum Gasteiger partial charge on any atom is 0.164 e. The largest absolute Gasteiger partial charge is 0.491 e. The number of anilines is 1. The number of fused-ring (bicyclic) bond motifs is 2. The molecule has 9 nitrogen and oxygen atoms in total. The van der Waals surface area contributed by atoms with E-state index in [1.165, 1.54) is 6.33 Å². The van der Waals surface area contributed by atoms with Crippen LogP contribution in [0.5, 0.6) is 5.75 Å². The van der Waals surface area contributed by atoms with Crippen LogP contribution < -0.4 is 10.5 Å². The molecule has 0 unspecified atom stereocenters. The highest BCUT2D eigenvalue weighted by Crippen LogP contribution is 2.36. The second-order valence-electron chi connectivity index (χ2n) is 7.06. The maximum atomic E-state index is 10.6. The smallest absolute Gasteiger partial charge is 0.164 e. The summed E-state index contributed by atoms with van der Waals surface area (Å²) in [5.74, 6) is 0.910. The van der Waals surface area contributed by atoms with Crippen LogP contribution in [0, 0.1) is 0 Å². The van der Waals surface area contributed by atoms with Gasteiger partial charge in [0, 0.05) is 28.3 Å². The lowest BCUT2D eigenvalue weighted by Gasteiger charge is -2.17. The van der Waals surface area contributed by atoms with E-state index in [1.54, 1.807) is 17.0 Å². The topological polar surface area (TPSA) is 129 Å². The monoisotopic (exact) mass is 471 g/mol. The molecular formula is C20H18BrN5O4. The van der Waals surface area contributed by atoms with E-state index in [2.05, 4.69) is 30.9 Å². The summed E-state index contributed by atoms with van der Waals surface area (Å²) in [4.78, 5) is 12.5. The number of pyridine rings is 1. The number of benzene rings is 1. The number of nitrogens with zero attached hydrogens (tertiary/aromatic N) is 4. The molecule has 154 valence electrons. The average Bonchev–Trinajstić information content (AvgIpc) is 3.24. The molecule has 0 aliphatic carbocycles. The number of hydrogen-bond donors (Lipinski definition) is 3. The van der Waals surface area contributed by atoms with Crippen LogP contribution in [0.3, 0.4) is 0 Å². The van der Waals surface area contributed by atoms with E-state index in [0.717, 1.165) is 10.9 Å². The molecule has 4 aromatic rings. The van der Waals surface area contributed by atoms with Crippen LogP contribution in [0.25, 0.3) is 21.9 Å². The summed E-state index contributed by atoms with van der Waals surface area (Å²) in [7, 11) is 0. The Kier molecular flexibility index (Phi) is 4.78. The molecule has 0 bridgehead atoms. The molecule has 0 saturated carbocycles. The summed E-state index contributed by atoms with van der Waals surface area (Å²) in [6.07, 6.45) is 0.864. The number of ether oxygens (including phenoxy) is 2. The summed E-state index contributed by atoms with van der Waals surface area (Å²) in [6, 6.07) is 9.40. The minimum atomic E-state index is -1.17. The fourth-order valence-electron chi connectivity index (χ4n) is 3.67. The molecule has 0 amide bonds. The third-order valence-corrected chi connectivity index (χ3v) is 5.80. The predicted octanol–water partition coefficient (Wildman–Crippen LogP) is 2.02. The Morgan fingerprint density at radius 1 is 1.17 bits per heavy atom. The van der Waals surface area contributed by atoms with Gasteiger partial charge in [-0.3, -0.25) is 4.98 Å². The van der Waals surface area contributed by atoms with Gasteiger partial charge >= 0.3 is 0 Å². The van der Waals surface area contributed by atoms with Gasteiger partial charge in [-0.25, -0.2) is 9.97 Å². The Balaban J connectivity index is 1.36. The molecule has 1 aliphatic rings. The van der Waals surface area contributed by atoms with Crippen molar-refractivity contribution in [2.45, 2.75) is 24.5 Å². The van der Waals surface area contributed by atoms with Crippen LogP contribution in [0.2, 0.25) is 0 Å². The standard InChI is InChI=1S/C20H18BrN5O4/c21-12-7-26(19-15(12)18(22)24-9-25-19)20-17(28)16(27)14(30-20)8-29-11-4-3-10-2-1-5-23-13(10)6-11/h1-7,9,14,16-17,20,27-28H,8H2,(H2,22,24,25)/t14-,16-,17-,20-/m1/s1. The number of aliphatic hydroxyl groups is 2. The van der Waals surface area contributed by atoms with E-state index in [-0.39, 0.29) is 6.61 Å². The van der Waals surface area contributed by atoms with Gasteiger partial charge in [-0.2, -0.15) is 0 Å². The number of hydrogen-bond acceptors (Lipinski definition) is 8. The van der Waals surface area contributed by atoms with Crippen molar-refractivity contribution in [2.24, 2.45) is 0 Å². The number of nitrogen functional groups attached to an aromatic ring is 1. The van der Waals surface area contributed by atoms with Gasteiger partial charge in [-0.05, 0) is 34.1 Å². The molecule has 4 N–H and O–H groups in total. The second-order valence-corrected chi connectivity index (χ2v) is 7.91. The van der Waals surface area contributed by atoms with Crippen molar-refractivity contribution in [1.82, 2.24) is 19.5 Å². The Hall–Kier alpha value is -2.79. The minimum Gasteiger partial charge on any atom is -0.491 e. The van der Waals surface area contributed by atoms with Crippen molar-refractivity contribution in [3.8, 4) is 5.75 Å². The zero-order valence-electron chi connectivity index (χ0n) is 15.6. The lowest BCUT2D eigenvalue weighted by Crippen LogP contribution is -2.34. The summed E-state index contributed by atoms with van der Waals surface area (Å²) in [5.41, 5.74) is 7.24. The van der Waals surface area contributed by atoms with Gasteiger partial charge in [0.25, 0.3) is 0 Å². The molecule has 4 atom stereocenters. The first kappa shape index (κ1) is 19.2. The number of rotatable bonds is 4. The highest BCUT2D eigenvalue weighted by Gasteiger charge is 2.44. The number of nitrogens with two attached hydrogens (primary N) is 1. The molecule has 0 spiro atoms. The van der Waals surface area contributed by atoms with E-state index in [4.69, 9.17) is 15.2 Å². The molecule has 3 aromatic heterocycles. The van der Waals surface area contributed by atoms with E-state index < -0.39 is 24.5 Å². The fraction of sp³-hybridized carbons (Fsp3) is 0.250. The van der Waals surface area contributed by atoms with Crippen LogP contribution in [-0.4, -0.2) is 54.7 Å². The number of halogens is 1. The van der Waals surface area contributed by atoms with Crippen LogP contribution in [0.15, 0.2) is 53.5 Å². The van der Waals surface area contributed by atoms with Crippen LogP contribution >= 0.6 is 15.9 Å². The second kappa shape index (κ2) is 7.47. The van der Waals surface area contributed by atoms with Gasteiger partial charge < -0.3 is 30.0 Å². The Morgan fingerprint density at radius 3 is 2.90 bits per heavy atom. The zero-order valence-corrected chi connectivity index (χ0v) is 17.2. The van der Waals surface area contributed by atoms with E-state index in [1.807, 2.05) is 30.3 Å². The average molecular weight is 472 g/mol. The maximum absolute atomic E-state index is 10.6. The van der Waals surface area contributed by atoms with Crippen LogP contribution in [0.1, 0.15) is 6.23 Å². The highest BCUT2D eigenvalue weighted by atomic mass is 79.9. The van der Waals surface area contributed by atoms with Crippen molar-refractivity contribution in [1.29, 1.82) is 0 Å². The first-order valence-corrected chi connectivity index (χ1v) is 10.1. The summed E-state index contributed by atoms with van der Waals surface area (Å²) >= 11 is 3.44. The minimum absolute atomic E-state index is 0.0601. The van der Waals surface area contributed by atoms with Gasteiger partial charge in [-0.1, -0.05) is 6.07 Å². The Bertz CT molecular complexity index is 1230. The van der Waals surface area contributed by atoms with Crippen LogP contribution in [0.4, 0.5) is 5.82 Å². The lowest BCUT2D eigenvalue weighted by atomic mass is 10.1. The Labute approximate surface area is 179 Å². The van der Waals surface area contributed by atoms with Crippen molar-refractivity contribution >= 4 is 43.7 Å². The van der Waals surface area contributed by atoms with Gasteiger partial charge in [0.1, 0.15) is 48.5 Å². The van der Waals surface area contributed by atoms with E-state index >= 15 is 0 Å². The third-order valence-electron chi connectivity index (χ3n) is 5.20. The van der Waals surface area contributed by atoms with Gasteiger partial charge in [-0.15, -0.1) is 0 Å². The molecule has 1 fully saturated rings. The Morgan fingerprint density at radius 2 is 2.03 bits per heavy atom. The highest BCUT2D eigenvalue weighted by molar-refractivity contribution is 9.10. The molecule has 1 aromatic carbocycles. The molecule has 1 saturated heterocycles. The normalized spacial score (nSPS) is 24.0. The molecule has 4 heterocycles. The number of aliphatic hydroxyl groups excluding tert-OH is 2. The van der Waals surface area contributed by atoms with Crippen molar-refractivity contribution in [3.05, 3.63) is 53.5 Å². The first-order valence-electron chi connectivity index (χ1n) is 9.28. The molecule has 10 heteroatoms. The van der Waals surface area contributed by atoms with Gasteiger partial charge in [0.05, 0.1) is 10.9 Å². The van der Waals surface area contributed by atoms with Gasteiger partial charge in [0.2, 0.25) is 0 Å². The molecular weight excluding hydrogens is 454 g/mol. The SMILES string of the molecule is Nc1ncnc2c1c(Br)cn2[C@@H]1O[C@H](COc2ccc3cccnc3c2)[C@@H](O)[C@H]1O. The van der Waals surface area contributed by atoms with Crippen molar-refractivity contribution in [3.63, 3.8) is 0 Å². The third kappa shape index (κ3) is 3.18. The van der Waals surface area contributed by atoms with Crippen LogP contribution in [-0.2, 0) is 4.74 Å². The summed E-state index contributed by atoms with van der Waals surface area (Å²) in [6.45, 7) is 0.0601. The fourth-order valence-corrected chi connectivity index (χ4v) is 4.27. The first-order chi connectivity index (χ1) is 14.5. The van der Waals surface area contributed by atoms with Crippen molar-refractivity contribution in [2.75, 3.05) is 12.3 Å². The zero-order chi connectivity index (χ0) is 20.8. The molecule has 1 aliphatic heterocycles. The lowest BCUT2D eigenvalue weighted by molar-refractivity contribution is -0.0472. The molecule has 30 heavy (non-hydrogen) atoms. The van der Waals surface area contributed by atoms with Crippen molar-refractivity contribution < 1.29 is 19.7 Å². The van der Waals surface area contributed by atoms with E-state index in [9.17, 15) is 10.2 Å². The summed E-state index contributed by atoms with van der Waals surface area (Å²) in [5, 5.41) is 22.7. The quantitative estimate of drug-likeness (QED) is 0.412. The van der Waals surface area contributed by atoms with Gasteiger partial charge in [0.15, 0.2) is 6.23 Å². The number of aromatic nitrogens is 4. The summed E-state index contributed by atoms with van der Waals surface area (Å²) < 4.78 is 14.1. The molecule has 0 radical (unpaired) electrons. The predicted molar refractivity (Wildman–Crippen MR) is 113 cm³/mol. The molecule has 5 rings (SSSR count). The van der Waals surface area contributed by atoms with E-state index in [0.29, 0.717) is 27.1 Å².